The van der Waals surface area contributed by atoms with E-state index in [0.717, 1.165) is 35.7 Å². The molecule has 0 saturated heterocycles. The standard InChI is InChI=1S/C20H23N3O/c1-4-22(5-2)14-19-21-17-12-8-7-11-16(17)20(24)23(19)18-13-9-6-10-15(18)3/h6-13H,4-5,14H2,1-3H3. The Morgan fingerprint density at radius 3 is 2.38 bits per heavy atom. The summed E-state index contributed by atoms with van der Waals surface area (Å²) in [5, 5.41) is 0.657. The minimum Gasteiger partial charge on any atom is -0.297 e. The topological polar surface area (TPSA) is 38.1 Å². The van der Waals surface area contributed by atoms with E-state index in [1.807, 2.05) is 55.5 Å². The molecule has 0 spiro atoms. The summed E-state index contributed by atoms with van der Waals surface area (Å²) in [5.74, 6) is 0.789. The summed E-state index contributed by atoms with van der Waals surface area (Å²) in [6.07, 6.45) is 0. The van der Waals surface area contributed by atoms with Crippen LogP contribution in [0.3, 0.4) is 0 Å². The molecule has 0 unspecified atom stereocenters. The molecule has 0 radical (unpaired) electrons. The predicted octanol–water partition coefficient (Wildman–Crippen LogP) is 3.54. The van der Waals surface area contributed by atoms with E-state index in [9.17, 15) is 4.79 Å². The minimum atomic E-state index is -0.00273. The van der Waals surface area contributed by atoms with Gasteiger partial charge in [-0.05, 0) is 43.8 Å². The van der Waals surface area contributed by atoms with Gasteiger partial charge < -0.3 is 0 Å². The third kappa shape index (κ3) is 2.97. The Morgan fingerprint density at radius 2 is 1.67 bits per heavy atom. The first-order valence-electron chi connectivity index (χ1n) is 8.44. The second-order valence-electron chi connectivity index (χ2n) is 5.93. The lowest BCUT2D eigenvalue weighted by Gasteiger charge is -2.21. The fourth-order valence-electron chi connectivity index (χ4n) is 2.99. The van der Waals surface area contributed by atoms with Crippen molar-refractivity contribution in [2.75, 3.05) is 13.1 Å². The van der Waals surface area contributed by atoms with E-state index in [0.29, 0.717) is 11.9 Å². The Labute approximate surface area is 142 Å². The van der Waals surface area contributed by atoms with Crippen LogP contribution >= 0.6 is 0 Å². The van der Waals surface area contributed by atoms with Crippen LogP contribution in [0.5, 0.6) is 0 Å². The molecule has 0 aliphatic carbocycles. The van der Waals surface area contributed by atoms with Crippen molar-refractivity contribution in [1.82, 2.24) is 14.5 Å². The van der Waals surface area contributed by atoms with Crippen molar-refractivity contribution in [1.29, 1.82) is 0 Å². The fraction of sp³-hybridized carbons (Fsp3) is 0.300. The highest BCUT2D eigenvalue weighted by Crippen LogP contribution is 2.17. The minimum absolute atomic E-state index is 0.00273. The zero-order chi connectivity index (χ0) is 17.1. The van der Waals surface area contributed by atoms with E-state index in [1.54, 1.807) is 4.57 Å². The summed E-state index contributed by atoms with van der Waals surface area (Å²) in [6, 6.07) is 15.5. The molecule has 0 atom stereocenters. The quantitative estimate of drug-likeness (QED) is 0.721. The second-order valence-corrected chi connectivity index (χ2v) is 5.93. The van der Waals surface area contributed by atoms with Crippen molar-refractivity contribution in [2.24, 2.45) is 0 Å². The van der Waals surface area contributed by atoms with Crippen molar-refractivity contribution in [3.8, 4) is 5.69 Å². The van der Waals surface area contributed by atoms with Crippen LogP contribution < -0.4 is 5.56 Å². The van der Waals surface area contributed by atoms with Crippen molar-refractivity contribution in [2.45, 2.75) is 27.3 Å². The van der Waals surface area contributed by atoms with Gasteiger partial charge in [0, 0.05) is 0 Å². The average molecular weight is 321 g/mol. The molecule has 3 rings (SSSR count). The lowest BCUT2D eigenvalue weighted by molar-refractivity contribution is 0.285. The van der Waals surface area contributed by atoms with Gasteiger partial charge in [0.2, 0.25) is 0 Å². The molecule has 2 aromatic carbocycles. The highest BCUT2D eigenvalue weighted by Gasteiger charge is 2.15. The number of aromatic nitrogens is 2. The number of aryl methyl sites for hydroxylation is 1. The molecule has 0 amide bonds. The van der Waals surface area contributed by atoms with Crippen molar-refractivity contribution in [3.63, 3.8) is 0 Å². The number of hydrogen-bond acceptors (Lipinski definition) is 3. The molecule has 0 N–H and O–H groups in total. The number of para-hydroxylation sites is 2. The smallest absolute Gasteiger partial charge is 0.266 e. The Kier molecular flexibility index (Phi) is 4.76. The highest BCUT2D eigenvalue weighted by molar-refractivity contribution is 5.77. The first kappa shape index (κ1) is 16.4. The van der Waals surface area contributed by atoms with Crippen LogP contribution in [-0.2, 0) is 6.54 Å². The van der Waals surface area contributed by atoms with E-state index in [4.69, 9.17) is 4.98 Å². The molecule has 124 valence electrons. The maximum absolute atomic E-state index is 13.2. The Hall–Kier alpha value is -2.46. The van der Waals surface area contributed by atoms with Crippen LogP contribution in [0.25, 0.3) is 16.6 Å². The summed E-state index contributed by atoms with van der Waals surface area (Å²) in [6.45, 7) is 8.78. The molecule has 0 bridgehead atoms. The summed E-state index contributed by atoms with van der Waals surface area (Å²) >= 11 is 0. The Morgan fingerprint density at radius 1 is 1.00 bits per heavy atom. The van der Waals surface area contributed by atoms with E-state index in [2.05, 4.69) is 18.7 Å². The summed E-state index contributed by atoms with van der Waals surface area (Å²) in [7, 11) is 0. The van der Waals surface area contributed by atoms with E-state index in [1.165, 1.54) is 0 Å². The number of fused-ring (bicyclic) bond motifs is 1. The maximum Gasteiger partial charge on any atom is 0.266 e. The Balaban J connectivity index is 2.30. The number of benzene rings is 2. The summed E-state index contributed by atoms with van der Waals surface area (Å²) in [5.41, 5.74) is 2.73. The zero-order valence-corrected chi connectivity index (χ0v) is 14.5. The van der Waals surface area contributed by atoms with Gasteiger partial charge in [0.1, 0.15) is 5.82 Å². The lowest BCUT2D eigenvalue weighted by Crippen LogP contribution is -2.30. The van der Waals surface area contributed by atoms with E-state index >= 15 is 0 Å². The third-order valence-corrected chi connectivity index (χ3v) is 4.46. The molecule has 1 heterocycles. The molecular weight excluding hydrogens is 298 g/mol. The van der Waals surface area contributed by atoms with Gasteiger partial charge in [-0.2, -0.15) is 0 Å². The van der Waals surface area contributed by atoms with Crippen molar-refractivity contribution in [3.05, 3.63) is 70.3 Å². The maximum atomic E-state index is 13.2. The third-order valence-electron chi connectivity index (χ3n) is 4.46. The second kappa shape index (κ2) is 6.97. The molecule has 0 saturated carbocycles. The molecule has 4 heteroatoms. The van der Waals surface area contributed by atoms with Gasteiger partial charge >= 0.3 is 0 Å². The Bertz CT molecular complexity index is 910. The molecular formula is C20H23N3O. The van der Waals surface area contributed by atoms with Crippen molar-refractivity contribution < 1.29 is 0 Å². The van der Waals surface area contributed by atoms with Crippen LogP contribution in [0.1, 0.15) is 25.2 Å². The van der Waals surface area contributed by atoms with Gasteiger partial charge in [0.25, 0.3) is 5.56 Å². The van der Waals surface area contributed by atoms with E-state index < -0.39 is 0 Å². The van der Waals surface area contributed by atoms with Gasteiger partial charge in [-0.25, -0.2) is 4.98 Å². The number of nitrogens with zero attached hydrogens (tertiary/aromatic N) is 3. The van der Waals surface area contributed by atoms with Crippen LogP contribution in [-0.4, -0.2) is 27.5 Å². The van der Waals surface area contributed by atoms with Crippen LogP contribution in [0, 0.1) is 6.92 Å². The first-order chi connectivity index (χ1) is 11.7. The lowest BCUT2D eigenvalue weighted by atomic mass is 10.1. The molecule has 3 aromatic rings. The molecule has 0 aliphatic rings. The summed E-state index contributed by atoms with van der Waals surface area (Å²) < 4.78 is 1.77. The van der Waals surface area contributed by atoms with Gasteiger partial charge in [-0.1, -0.05) is 44.2 Å². The molecule has 1 aromatic heterocycles. The molecule has 24 heavy (non-hydrogen) atoms. The predicted molar refractivity (Wildman–Crippen MR) is 98.7 cm³/mol. The van der Waals surface area contributed by atoms with Crippen molar-refractivity contribution >= 4 is 10.9 Å². The molecule has 0 fully saturated rings. The molecule has 0 aliphatic heterocycles. The van der Waals surface area contributed by atoms with Crippen LogP contribution in [0.15, 0.2) is 53.3 Å². The monoisotopic (exact) mass is 321 g/mol. The highest BCUT2D eigenvalue weighted by atomic mass is 16.1. The zero-order valence-electron chi connectivity index (χ0n) is 14.5. The normalized spacial score (nSPS) is 11.3. The fourth-order valence-corrected chi connectivity index (χ4v) is 2.99. The number of rotatable bonds is 5. The average Bonchev–Trinajstić information content (AvgIpc) is 2.61. The van der Waals surface area contributed by atoms with Gasteiger partial charge in [-0.15, -0.1) is 0 Å². The van der Waals surface area contributed by atoms with E-state index in [-0.39, 0.29) is 5.56 Å². The van der Waals surface area contributed by atoms with Crippen LogP contribution in [0.4, 0.5) is 0 Å². The van der Waals surface area contributed by atoms with Gasteiger partial charge in [0.05, 0.1) is 23.1 Å². The SMILES string of the molecule is CCN(CC)Cc1nc2ccccc2c(=O)n1-c1ccccc1C. The molecule has 4 nitrogen and oxygen atoms in total. The van der Waals surface area contributed by atoms with Gasteiger partial charge in [0.15, 0.2) is 0 Å². The summed E-state index contributed by atoms with van der Waals surface area (Å²) in [4.78, 5) is 20.2. The van der Waals surface area contributed by atoms with Gasteiger partial charge in [-0.3, -0.25) is 14.3 Å². The largest absolute Gasteiger partial charge is 0.297 e. The number of hydrogen-bond donors (Lipinski definition) is 0. The first-order valence-corrected chi connectivity index (χ1v) is 8.44. The van der Waals surface area contributed by atoms with Crippen LogP contribution in [0.2, 0.25) is 0 Å².